The number of alkyl halides is 3. The lowest BCUT2D eigenvalue weighted by Gasteiger charge is -2.04. The van der Waals surface area contributed by atoms with Gasteiger partial charge in [0.1, 0.15) is 5.69 Å². The molecule has 0 unspecified atom stereocenters. The summed E-state index contributed by atoms with van der Waals surface area (Å²) in [6.07, 6.45) is 4.16. The molecule has 1 aromatic rings. The normalized spacial score (nSPS) is 10.8. The Kier molecular flexibility index (Phi) is 9.27. The SMILES string of the molecule is CCCCCCCC.Cc1cccc(C(F)(F)F)n1. The number of rotatable bonds is 5. The largest absolute Gasteiger partial charge is 0.433 e. The molecular formula is C15H24F3N. The highest BCUT2D eigenvalue weighted by atomic mass is 19.4. The van der Waals surface area contributed by atoms with E-state index in [1.807, 2.05) is 0 Å². The molecule has 0 atom stereocenters. The van der Waals surface area contributed by atoms with Gasteiger partial charge in [-0.3, -0.25) is 0 Å². The molecule has 1 aromatic heterocycles. The Hall–Kier alpha value is -1.06. The maximum atomic E-state index is 11.9. The fourth-order valence-corrected chi connectivity index (χ4v) is 1.55. The van der Waals surface area contributed by atoms with Crippen molar-refractivity contribution in [3.8, 4) is 0 Å². The fraction of sp³-hybridized carbons (Fsp3) is 0.667. The molecule has 4 heteroatoms. The molecular weight excluding hydrogens is 251 g/mol. The molecule has 0 saturated heterocycles. The number of hydrogen-bond acceptors (Lipinski definition) is 1. The Labute approximate surface area is 114 Å². The molecule has 0 N–H and O–H groups in total. The highest BCUT2D eigenvalue weighted by Crippen LogP contribution is 2.27. The second-order valence-corrected chi connectivity index (χ2v) is 4.58. The molecule has 0 radical (unpaired) electrons. The molecule has 0 fully saturated rings. The second-order valence-electron chi connectivity index (χ2n) is 4.58. The summed E-state index contributed by atoms with van der Waals surface area (Å²) in [5.41, 5.74) is -0.461. The van der Waals surface area contributed by atoms with E-state index in [0.717, 1.165) is 6.07 Å². The maximum Gasteiger partial charge on any atom is 0.433 e. The second kappa shape index (κ2) is 9.82. The van der Waals surface area contributed by atoms with E-state index in [9.17, 15) is 13.2 Å². The number of pyridine rings is 1. The van der Waals surface area contributed by atoms with E-state index in [1.54, 1.807) is 0 Å². The van der Waals surface area contributed by atoms with Crippen molar-refractivity contribution < 1.29 is 13.2 Å². The lowest BCUT2D eigenvalue weighted by Crippen LogP contribution is -2.07. The molecule has 19 heavy (non-hydrogen) atoms. The minimum atomic E-state index is -4.33. The molecule has 0 bridgehead atoms. The summed E-state index contributed by atoms with van der Waals surface area (Å²) >= 11 is 0. The van der Waals surface area contributed by atoms with Crippen LogP contribution in [-0.4, -0.2) is 4.98 Å². The standard InChI is InChI=1S/C8H18.C7H6F3N/c1-3-5-7-8-6-4-2;1-5-3-2-4-6(11-5)7(8,9)10/h3-8H2,1-2H3;2-4H,1H3. The van der Waals surface area contributed by atoms with Gasteiger partial charge in [0.25, 0.3) is 0 Å². The first-order valence-corrected chi connectivity index (χ1v) is 6.92. The first kappa shape index (κ1) is 17.9. The molecule has 0 saturated carbocycles. The minimum Gasteiger partial charge on any atom is -0.249 e. The van der Waals surface area contributed by atoms with Gasteiger partial charge < -0.3 is 0 Å². The lowest BCUT2D eigenvalue weighted by molar-refractivity contribution is -0.141. The third-order valence-corrected chi connectivity index (χ3v) is 2.64. The van der Waals surface area contributed by atoms with E-state index in [-0.39, 0.29) is 0 Å². The van der Waals surface area contributed by atoms with Crippen LogP contribution in [0.3, 0.4) is 0 Å². The summed E-state index contributed by atoms with van der Waals surface area (Å²) in [5.74, 6) is 0. The van der Waals surface area contributed by atoms with Crippen molar-refractivity contribution in [2.75, 3.05) is 0 Å². The topological polar surface area (TPSA) is 12.9 Å². The van der Waals surface area contributed by atoms with E-state index in [2.05, 4.69) is 18.8 Å². The zero-order valence-electron chi connectivity index (χ0n) is 12.1. The number of halogens is 3. The Morgan fingerprint density at radius 2 is 1.47 bits per heavy atom. The van der Waals surface area contributed by atoms with Crippen molar-refractivity contribution in [3.05, 3.63) is 29.6 Å². The number of nitrogens with zero attached hydrogens (tertiary/aromatic N) is 1. The van der Waals surface area contributed by atoms with E-state index >= 15 is 0 Å². The van der Waals surface area contributed by atoms with Gasteiger partial charge >= 0.3 is 6.18 Å². The van der Waals surface area contributed by atoms with Gasteiger partial charge in [0.05, 0.1) is 0 Å². The summed E-state index contributed by atoms with van der Waals surface area (Å²) in [7, 11) is 0. The molecule has 0 aliphatic heterocycles. The van der Waals surface area contributed by atoms with Crippen LogP contribution in [0.1, 0.15) is 63.8 Å². The summed E-state index contributed by atoms with van der Waals surface area (Å²) in [5, 5.41) is 0. The van der Waals surface area contributed by atoms with Gasteiger partial charge in [-0.05, 0) is 19.1 Å². The summed E-state index contributed by atoms with van der Waals surface area (Å²) < 4.78 is 35.7. The number of hydrogen-bond donors (Lipinski definition) is 0. The average molecular weight is 275 g/mol. The molecule has 1 nitrogen and oxygen atoms in total. The summed E-state index contributed by atoms with van der Waals surface area (Å²) in [4.78, 5) is 3.32. The van der Waals surface area contributed by atoms with Crippen molar-refractivity contribution in [3.63, 3.8) is 0 Å². The van der Waals surface area contributed by atoms with Gasteiger partial charge in [-0.2, -0.15) is 13.2 Å². The quantitative estimate of drug-likeness (QED) is 0.621. The predicted molar refractivity (Wildman–Crippen MR) is 73.0 cm³/mol. The predicted octanol–water partition coefficient (Wildman–Crippen LogP) is 5.78. The van der Waals surface area contributed by atoms with Crippen molar-refractivity contribution >= 4 is 0 Å². The third kappa shape index (κ3) is 9.51. The Bertz CT molecular complexity index is 328. The maximum absolute atomic E-state index is 11.9. The van der Waals surface area contributed by atoms with Gasteiger partial charge in [0.2, 0.25) is 0 Å². The highest BCUT2D eigenvalue weighted by Gasteiger charge is 2.31. The van der Waals surface area contributed by atoms with Crippen LogP contribution in [0, 0.1) is 6.92 Å². The molecule has 0 aromatic carbocycles. The van der Waals surface area contributed by atoms with Crippen molar-refractivity contribution in [2.45, 2.75) is 65.5 Å². The molecule has 1 heterocycles. The van der Waals surface area contributed by atoms with Crippen LogP contribution in [0.15, 0.2) is 18.2 Å². The van der Waals surface area contributed by atoms with Gasteiger partial charge in [0, 0.05) is 5.69 Å². The van der Waals surface area contributed by atoms with Crippen LogP contribution < -0.4 is 0 Å². The van der Waals surface area contributed by atoms with E-state index < -0.39 is 11.9 Å². The molecule has 0 spiro atoms. The van der Waals surface area contributed by atoms with Gasteiger partial charge in [-0.15, -0.1) is 0 Å². The Morgan fingerprint density at radius 1 is 0.947 bits per heavy atom. The number of aromatic nitrogens is 1. The van der Waals surface area contributed by atoms with Crippen molar-refractivity contribution in [1.29, 1.82) is 0 Å². The molecule has 0 amide bonds. The average Bonchev–Trinajstić information content (AvgIpc) is 2.35. The molecule has 0 aliphatic rings. The van der Waals surface area contributed by atoms with Crippen LogP contribution in [-0.2, 0) is 6.18 Å². The van der Waals surface area contributed by atoms with Crippen LogP contribution in [0.2, 0.25) is 0 Å². The van der Waals surface area contributed by atoms with Crippen LogP contribution in [0.4, 0.5) is 13.2 Å². The van der Waals surface area contributed by atoms with E-state index in [1.165, 1.54) is 57.6 Å². The Morgan fingerprint density at radius 3 is 1.79 bits per heavy atom. The fourth-order valence-electron chi connectivity index (χ4n) is 1.55. The number of aryl methyl sites for hydroxylation is 1. The zero-order valence-corrected chi connectivity index (χ0v) is 12.1. The molecule has 0 aliphatic carbocycles. The van der Waals surface area contributed by atoms with Crippen LogP contribution in [0.25, 0.3) is 0 Å². The zero-order chi connectivity index (χ0) is 14.7. The van der Waals surface area contributed by atoms with Gasteiger partial charge in [-0.1, -0.05) is 58.4 Å². The van der Waals surface area contributed by atoms with Crippen LogP contribution in [0.5, 0.6) is 0 Å². The van der Waals surface area contributed by atoms with Crippen molar-refractivity contribution in [2.24, 2.45) is 0 Å². The first-order valence-electron chi connectivity index (χ1n) is 6.92. The first-order chi connectivity index (χ1) is 8.91. The molecule has 110 valence electrons. The molecule has 1 rings (SSSR count). The number of unbranched alkanes of at least 4 members (excludes halogenated alkanes) is 5. The minimum absolute atomic E-state index is 0.375. The van der Waals surface area contributed by atoms with Crippen molar-refractivity contribution in [1.82, 2.24) is 4.98 Å². The van der Waals surface area contributed by atoms with E-state index in [4.69, 9.17) is 0 Å². The third-order valence-electron chi connectivity index (χ3n) is 2.64. The highest BCUT2D eigenvalue weighted by molar-refractivity contribution is 5.12. The van der Waals surface area contributed by atoms with Gasteiger partial charge in [-0.25, -0.2) is 4.98 Å². The van der Waals surface area contributed by atoms with Gasteiger partial charge in [0.15, 0.2) is 0 Å². The van der Waals surface area contributed by atoms with E-state index in [0.29, 0.717) is 5.69 Å². The lowest BCUT2D eigenvalue weighted by atomic mass is 10.1. The summed E-state index contributed by atoms with van der Waals surface area (Å²) in [6.45, 7) is 6.03. The Balaban J connectivity index is 0.000000362. The van der Waals surface area contributed by atoms with Crippen LogP contribution >= 0.6 is 0 Å². The monoisotopic (exact) mass is 275 g/mol. The smallest absolute Gasteiger partial charge is 0.249 e. The summed E-state index contributed by atoms with van der Waals surface area (Å²) in [6, 6.07) is 3.81.